The second kappa shape index (κ2) is 14.1. The molecule has 4 aromatic rings. The number of carbonyl (C=O) groups is 4. The lowest BCUT2D eigenvalue weighted by Crippen LogP contribution is -2.18. The molecule has 0 amide bonds. The van der Waals surface area contributed by atoms with E-state index in [1.165, 1.54) is 36.4 Å². The van der Waals surface area contributed by atoms with Crippen LogP contribution >= 0.6 is 0 Å². The molecule has 0 spiro atoms. The Morgan fingerprint density at radius 1 is 0.500 bits per heavy atom. The average Bonchev–Trinajstić information content (AvgIpc) is 2.99. The molecular formula is C32H26O10. The Bertz CT molecular complexity index is 1450. The van der Waals surface area contributed by atoms with E-state index in [1.807, 2.05) is 0 Å². The van der Waals surface area contributed by atoms with Crippen LogP contribution in [-0.2, 0) is 22.4 Å². The number of hydrogen-bond donors (Lipinski definition) is 2. The summed E-state index contributed by atoms with van der Waals surface area (Å²) in [4.78, 5) is 48.3. The van der Waals surface area contributed by atoms with Gasteiger partial charge in [0.1, 0.15) is 23.0 Å². The number of aryl methyl sites for hydroxylation is 2. The maximum Gasteiger partial charge on any atom is 0.349 e. The predicted molar refractivity (Wildman–Crippen MR) is 149 cm³/mol. The van der Waals surface area contributed by atoms with Crippen LogP contribution in [0.5, 0.6) is 23.0 Å². The van der Waals surface area contributed by atoms with E-state index in [0.717, 1.165) is 0 Å². The molecular weight excluding hydrogens is 544 g/mol. The Labute approximate surface area is 240 Å². The van der Waals surface area contributed by atoms with E-state index >= 15 is 0 Å². The Morgan fingerprint density at radius 3 is 1.24 bits per heavy atom. The molecule has 0 aromatic heterocycles. The lowest BCUT2D eigenvalue weighted by Gasteiger charge is -2.13. The van der Waals surface area contributed by atoms with Crippen molar-refractivity contribution < 1.29 is 48.3 Å². The number of rotatable bonds is 13. The summed E-state index contributed by atoms with van der Waals surface area (Å²) in [6.07, 6.45) is 0.171. The molecule has 0 heterocycles. The number of ether oxygens (including phenoxy) is 4. The first kappa shape index (κ1) is 29.3. The molecule has 0 unspecified atom stereocenters. The maximum atomic E-state index is 12.3. The van der Waals surface area contributed by atoms with Gasteiger partial charge in [-0.3, -0.25) is 0 Å². The van der Waals surface area contributed by atoms with Gasteiger partial charge in [-0.05, 0) is 84.6 Å². The summed E-state index contributed by atoms with van der Waals surface area (Å²) < 4.78 is 21.4. The van der Waals surface area contributed by atoms with E-state index in [0.29, 0.717) is 22.6 Å². The monoisotopic (exact) mass is 570 g/mol. The van der Waals surface area contributed by atoms with Gasteiger partial charge in [-0.25, -0.2) is 19.2 Å². The van der Waals surface area contributed by atoms with Gasteiger partial charge in [-0.15, -0.1) is 0 Å². The highest BCUT2D eigenvalue weighted by Gasteiger charge is 2.17. The first-order valence-corrected chi connectivity index (χ1v) is 12.8. The molecule has 0 aliphatic carbocycles. The molecule has 0 radical (unpaired) electrons. The van der Waals surface area contributed by atoms with Crippen LogP contribution in [0.1, 0.15) is 31.8 Å². The molecule has 4 rings (SSSR count). The highest BCUT2D eigenvalue weighted by molar-refractivity contribution is 5.91. The van der Waals surface area contributed by atoms with E-state index in [-0.39, 0.29) is 48.7 Å². The van der Waals surface area contributed by atoms with Crippen molar-refractivity contribution in [1.82, 2.24) is 0 Å². The normalized spacial score (nSPS) is 10.4. The Morgan fingerprint density at radius 2 is 0.881 bits per heavy atom. The average molecular weight is 571 g/mol. The van der Waals surface area contributed by atoms with Gasteiger partial charge in [-0.2, -0.15) is 0 Å². The number of carboxylic acid groups (broad SMARTS) is 2. The third kappa shape index (κ3) is 8.43. The fourth-order valence-corrected chi connectivity index (χ4v) is 4.01. The molecule has 0 bridgehead atoms. The second-order valence-corrected chi connectivity index (χ2v) is 8.90. The Kier molecular flexibility index (Phi) is 9.87. The zero-order chi connectivity index (χ0) is 29.9. The van der Waals surface area contributed by atoms with Crippen molar-refractivity contribution in [3.05, 3.63) is 119 Å². The topological polar surface area (TPSA) is 146 Å². The van der Waals surface area contributed by atoms with Gasteiger partial charge in [0.15, 0.2) is 13.2 Å². The van der Waals surface area contributed by atoms with Gasteiger partial charge in [0.05, 0.1) is 11.1 Å². The molecule has 2 N–H and O–H groups in total. The van der Waals surface area contributed by atoms with Crippen molar-refractivity contribution in [3.63, 3.8) is 0 Å². The summed E-state index contributed by atoms with van der Waals surface area (Å²) in [5.74, 6) is -2.58. The minimum absolute atomic E-state index is 0.0344. The molecule has 0 aliphatic rings. The van der Waals surface area contributed by atoms with Crippen LogP contribution < -0.4 is 18.9 Å². The first-order valence-electron chi connectivity index (χ1n) is 12.8. The van der Waals surface area contributed by atoms with Gasteiger partial charge in [0.2, 0.25) is 0 Å². The molecule has 0 aliphatic heterocycles. The molecule has 214 valence electrons. The van der Waals surface area contributed by atoms with Crippen LogP contribution in [0.15, 0.2) is 97.1 Å². The summed E-state index contributed by atoms with van der Waals surface area (Å²) in [6, 6.07) is 25.5. The lowest BCUT2D eigenvalue weighted by atomic mass is 9.96. The number of hydrogen-bond acceptors (Lipinski definition) is 8. The fraction of sp³-hybridized carbons (Fsp3) is 0.125. The van der Waals surface area contributed by atoms with Crippen LogP contribution in [-0.4, -0.2) is 47.3 Å². The minimum atomic E-state index is -1.20. The fourth-order valence-electron chi connectivity index (χ4n) is 4.01. The second-order valence-electron chi connectivity index (χ2n) is 8.90. The van der Waals surface area contributed by atoms with E-state index in [9.17, 15) is 29.4 Å². The molecule has 10 nitrogen and oxygen atoms in total. The molecule has 42 heavy (non-hydrogen) atoms. The summed E-state index contributed by atoms with van der Waals surface area (Å²) >= 11 is 0. The lowest BCUT2D eigenvalue weighted by molar-refractivity contribution is -0.137. The van der Waals surface area contributed by atoms with Gasteiger partial charge >= 0.3 is 23.9 Å². The van der Waals surface area contributed by atoms with Gasteiger partial charge in [0.25, 0.3) is 0 Å². The van der Waals surface area contributed by atoms with E-state index in [4.69, 9.17) is 18.9 Å². The van der Waals surface area contributed by atoms with Crippen molar-refractivity contribution in [1.29, 1.82) is 0 Å². The highest BCUT2D eigenvalue weighted by atomic mass is 16.6. The number of benzene rings is 4. The van der Waals surface area contributed by atoms with Gasteiger partial charge < -0.3 is 29.2 Å². The molecule has 0 saturated heterocycles. The molecule has 0 saturated carbocycles. The summed E-state index contributed by atoms with van der Waals surface area (Å²) in [5.41, 5.74) is 0.555. The van der Waals surface area contributed by atoms with Crippen LogP contribution in [0.4, 0.5) is 0 Å². The van der Waals surface area contributed by atoms with Crippen molar-refractivity contribution in [3.8, 4) is 23.0 Å². The van der Waals surface area contributed by atoms with Crippen LogP contribution in [0, 0.1) is 0 Å². The smallest absolute Gasteiger partial charge is 0.349 e. The molecule has 0 fully saturated rings. The predicted octanol–water partition coefficient (Wildman–Crippen LogP) is 4.84. The summed E-state index contributed by atoms with van der Waals surface area (Å²) in [7, 11) is 0. The van der Waals surface area contributed by atoms with Gasteiger partial charge in [-0.1, -0.05) is 36.4 Å². The molecule has 10 heteroatoms. The SMILES string of the molecule is O=C(COc1ccccc1)Oc1ccc(C(=O)O)c(CCc2cc(OC(=O)COc3ccccc3)ccc2C(=O)O)c1. The van der Waals surface area contributed by atoms with Crippen LogP contribution in [0.2, 0.25) is 0 Å². The number of aromatic carboxylic acids is 2. The summed E-state index contributed by atoms with van der Waals surface area (Å²) in [5, 5.41) is 19.3. The zero-order valence-electron chi connectivity index (χ0n) is 22.2. The van der Waals surface area contributed by atoms with E-state index in [1.54, 1.807) is 60.7 Å². The Hall–Kier alpha value is -5.64. The molecule has 4 aromatic carbocycles. The van der Waals surface area contributed by atoms with E-state index < -0.39 is 23.9 Å². The zero-order valence-corrected chi connectivity index (χ0v) is 22.2. The minimum Gasteiger partial charge on any atom is -0.482 e. The largest absolute Gasteiger partial charge is 0.482 e. The van der Waals surface area contributed by atoms with Gasteiger partial charge in [0, 0.05) is 0 Å². The van der Waals surface area contributed by atoms with E-state index in [2.05, 4.69) is 0 Å². The van der Waals surface area contributed by atoms with Crippen LogP contribution in [0.25, 0.3) is 0 Å². The third-order valence-corrected chi connectivity index (χ3v) is 5.94. The third-order valence-electron chi connectivity index (χ3n) is 5.94. The van der Waals surface area contributed by atoms with Crippen LogP contribution in [0.3, 0.4) is 0 Å². The first-order chi connectivity index (χ1) is 20.3. The number of carbonyl (C=O) groups excluding carboxylic acids is 2. The Balaban J connectivity index is 1.44. The standard InChI is InChI=1S/C32H26O10/c33-29(19-39-23-7-3-1-4-8-23)41-25-13-15-27(31(35)36)21(17-25)11-12-22-18-26(14-16-28(22)32(37)38)42-30(34)20-40-24-9-5-2-6-10-24/h1-10,13-18H,11-12,19-20H2,(H,35,36)(H,37,38). The van der Waals surface area contributed by atoms with Crippen molar-refractivity contribution in [2.45, 2.75) is 12.8 Å². The van der Waals surface area contributed by atoms with Crippen molar-refractivity contribution in [2.24, 2.45) is 0 Å². The number of esters is 2. The summed E-state index contributed by atoms with van der Waals surface area (Å²) in [6.45, 7) is -0.714. The quantitative estimate of drug-likeness (QED) is 0.169. The molecule has 0 atom stereocenters. The van der Waals surface area contributed by atoms with Crippen molar-refractivity contribution >= 4 is 23.9 Å². The maximum absolute atomic E-state index is 12.3. The van der Waals surface area contributed by atoms with Crippen molar-refractivity contribution in [2.75, 3.05) is 13.2 Å². The number of carboxylic acids is 2. The number of para-hydroxylation sites is 2. The highest BCUT2D eigenvalue weighted by Crippen LogP contribution is 2.24.